The molecule has 29 heavy (non-hydrogen) atoms. The molecule has 0 aromatic rings. The second kappa shape index (κ2) is 9.32. The minimum atomic E-state index is -0.405. The molecule has 0 aromatic carbocycles. The third-order valence-corrected chi connectivity index (χ3v) is 7.32. The Morgan fingerprint density at radius 2 is 2.07 bits per heavy atom. The summed E-state index contributed by atoms with van der Waals surface area (Å²) in [6.07, 6.45) is 3.01. The smallest absolute Gasteiger partial charge is 0.229 e. The second-order valence-corrected chi connectivity index (χ2v) is 9.83. The predicted molar refractivity (Wildman–Crippen MR) is 114 cm³/mol. The van der Waals surface area contributed by atoms with Crippen LogP contribution in [0.3, 0.4) is 0 Å². The van der Waals surface area contributed by atoms with E-state index in [1.807, 2.05) is 5.01 Å². The number of halogens is 1. The van der Waals surface area contributed by atoms with Gasteiger partial charge in [0.05, 0.1) is 29.7 Å². The number of nitrogens with two attached hydrogens (primary N) is 1. The first-order chi connectivity index (χ1) is 13.9. The van der Waals surface area contributed by atoms with E-state index < -0.39 is 6.17 Å². The van der Waals surface area contributed by atoms with E-state index in [1.165, 1.54) is 12.8 Å². The molecule has 0 aromatic heterocycles. The maximum Gasteiger partial charge on any atom is 0.229 e. The largest absolute Gasteiger partial charge is 0.350 e. The molecule has 4 heterocycles. The number of carbonyl (C=O) groups is 1. The minimum absolute atomic E-state index is 0.0171. The van der Waals surface area contributed by atoms with Gasteiger partial charge in [0.1, 0.15) is 0 Å². The van der Waals surface area contributed by atoms with Crippen LogP contribution in [0.1, 0.15) is 19.3 Å². The summed E-state index contributed by atoms with van der Waals surface area (Å²) < 4.78 is 0. The van der Waals surface area contributed by atoms with Crippen molar-refractivity contribution in [1.82, 2.24) is 36.2 Å². The van der Waals surface area contributed by atoms with E-state index in [2.05, 4.69) is 45.3 Å². The van der Waals surface area contributed by atoms with Crippen LogP contribution in [0.15, 0.2) is 0 Å². The molecule has 4 aliphatic heterocycles. The van der Waals surface area contributed by atoms with Gasteiger partial charge in [-0.2, -0.15) is 0 Å². The summed E-state index contributed by atoms with van der Waals surface area (Å²) in [5, 5.41) is 12.2. The zero-order valence-corrected chi connectivity index (χ0v) is 18.4. The highest BCUT2D eigenvalue weighted by atomic mass is 35.5. The van der Waals surface area contributed by atoms with E-state index in [0.29, 0.717) is 25.2 Å². The summed E-state index contributed by atoms with van der Waals surface area (Å²) in [5.74, 6) is -0.310. The number of likely N-dealkylation sites (N-methyl/N-ethyl adjacent to an activating group) is 1. The van der Waals surface area contributed by atoms with E-state index >= 15 is 0 Å². The van der Waals surface area contributed by atoms with Gasteiger partial charge in [-0.25, -0.2) is 10.4 Å². The Bertz CT molecular complexity index is 580. The first-order valence-corrected chi connectivity index (χ1v) is 11.4. The first-order valence-electron chi connectivity index (χ1n) is 11.0. The van der Waals surface area contributed by atoms with Crippen molar-refractivity contribution >= 4 is 17.5 Å². The van der Waals surface area contributed by atoms with Gasteiger partial charge < -0.3 is 21.3 Å². The van der Waals surface area contributed by atoms with Crippen molar-refractivity contribution in [3.05, 3.63) is 0 Å². The molecule has 166 valence electrons. The fourth-order valence-corrected chi connectivity index (χ4v) is 5.63. The van der Waals surface area contributed by atoms with Gasteiger partial charge in [0, 0.05) is 38.3 Å². The number of nitrogens with one attached hydrogen (secondary N) is 4. The maximum absolute atomic E-state index is 13.3. The lowest BCUT2D eigenvalue weighted by Crippen LogP contribution is -2.64. The van der Waals surface area contributed by atoms with Crippen LogP contribution in [-0.4, -0.2) is 110 Å². The lowest BCUT2D eigenvalue weighted by atomic mass is 9.93. The van der Waals surface area contributed by atoms with Crippen LogP contribution in [0.4, 0.5) is 0 Å². The number of likely N-dealkylation sites (tertiary alicyclic amines) is 1. The Kier molecular flexibility index (Phi) is 6.97. The standard InChI is InChI=1S/C19H37ClN8O/c1-26(2)13-4-3-7-27(11-13)15-5-6-22-9-14(15)24-19(29)16-17(21)25-28-10-12(20)8-23-18(16)28/h12-18,22-23,25H,3-11,21H2,1-2H3,(H,24,29). The zero-order chi connectivity index (χ0) is 20.5. The first kappa shape index (κ1) is 21.7. The quantitative estimate of drug-likeness (QED) is 0.332. The molecule has 4 rings (SSSR count). The summed E-state index contributed by atoms with van der Waals surface area (Å²) in [6, 6.07) is 1.06. The van der Waals surface area contributed by atoms with Gasteiger partial charge in [0.2, 0.25) is 5.91 Å². The van der Waals surface area contributed by atoms with Crippen molar-refractivity contribution in [2.24, 2.45) is 11.7 Å². The lowest BCUT2D eigenvalue weighted by Gasteiger charge is -2.45. The Morgan fingerprint density at radius 3 is 2.86 bits per heavy atom. The third kappa shape index (κ3) is 4.72. The molecule has 6 N–H and O–H groups in total. The molecule has 0 radical (unpaired) electrons. The summed E-state index contributed by atoms with van der Waals surface area (Å²) in [4.78, 5) is 18.2. The van der Waals surface area contributed by atoms with Gasteiger partial charge in [0.25, 0.3) is 0 Å². The summed E-state index contributed by atoms with van der Waals surface area (Å²) in [6.45, 7) is 5.36. The molecular formula is C19H37ClN8O. The Hall–Kier alpha value is -0.520. The molecule has 4 saturated heterocycles. The highest BCUT2D eigenvalue weighted by Gasteiger charge is 2.47. The average molecular weight is 429 g/mol. The maximum atomic E-state index is 13.3. The van der Waals surface area contributed by atoms with Crippen molar-refractivity contribution in [3.63, 3.8) is 0 Å². The fourth-order valence-electron chi connectivity index (χ4n) is 5.39. The van der Waals surface area contributed by atoms with Crippen LogP contribution in [-0.2, 0) is 4.79 Å². The molecule has 7 atom stereocenters. The van der Waals surface area contributed by atoms with Gasteiger partial charge in [-0.05, 0) is 46.4 Å². The molecule has 0 bridgehead atoms. The Labute approximate surface area is 179 Å². The number of fused-ring (bicyclic) bond motifs is 1. The van der Waals surface area contributed by atoms with Crippen LogP contribution in [0.5, 0.6) is 0 Å². The number of piperidine rings is 2. The van der Waals surface area contributed by atoms with E-state index in [1.54, 1.807) is 0 Å². The Balaban J connectivity index is 1.41. The van der Waals surface area contributed by atoms with Gasteiger partial charge in [-0.15, -0.1) is 11.6 Å². The van der Waals surface area contributed by atoms with Crippen LogP contribution in [0.2, 0.25) is 0 Å². The van der Waals surface area contributed by atoms with Crippen molar-refractivity contribution < 1.29 is 4.79 Å². The lowest BCUT2D eigenvalue weighted by molar-refractivity contribution is -0.128. The predicted octanol–water partition coefficient (Wildman–Crippen LogP) is -1.88. The molecule has 4 aliphatic rings. The highest BCUT2D eigenvalue weighted by Crippen LogP contribution is 2.24. The molecule has 4 fully saturated rings. The van der Waals surface area contributed by atoms with Crippen LogP contribution < -0.4 is 27.1 Å². The number of carbonyl (C=O) groups excluding carboxylic acids is 1. The molecule has 10 heteroatoms. The molecule has 0 aliphatic carbocycles. The number of hydrogen-bond acceptors (Lipinski definition) is 8. The van der Waals surface area contributed by atoms with Gasteiger partial charge in [0.15, 0.2) is 0 Å². The van der Waals surface area contributed by atoms with Crippen molar-refractivity contribution in [2.45, 2.75) is 55.1 Å². The van der Waals surface area contributed by atoms with E-state index in [4.69, 9.17) is 17.3 Å². The minimum Gasteiger partial charge on any atom is -0.350 e. The number of nitrogens with zero attached hydrogens (tertiary/aromatic N) is 3. The number of rotatable bonds is 4. The van der Waals surface area contributed by atoms with Gasteiger partial charge >= 0.3 is 0 Å². The molecule has 1 amide bonds. The number of amides is 1. The number of hydrogen-bond donors (Lipinski definition) is 5. The van der Waals surface area contributed by atoms with Gasteiger partial charge in [-0.3, -0.25) is 15.0 Å². The topological polar surface area (TPSA) is 101 Å². The molecule has 0 spiro atoms. The Morgan fingerprint density at radius 1 is 1.24 bits per heavy atom. The SMILES string of the molecule is CN(C)C1CCCN(C2CCNCC2NC(=O)C2C(N)NN3CC(Cl)CNC23)C1. The number of hydrazine groups is 1. The van der Waals surface area contributed by atoms with E-state index in [-0.39, 0.29) is 29.4 Å². The summed E-state index contributed by atoms with van der Waals surface area (Å²) in [7, 11) is 4.33. The fraction of sp³-hybridized carbons (Fsp3) is 0.947. The van der Waals surface area contributed by atoms with Crippen molar-refractivity contribution in [1.29, 1.82) is 0 Å². The molecular weight excluding hydrogens is 392 g/mol. The van der Waals surface area contributed by atoms with Crippen molar-refractivity contribution in [2.75, 3.05) is 53.4 Å². The molecule has 7 unspecified atom stereocenters. The highest BCUT2D eigenvalue weighted by molar-refractivity contribution is 6.21. The van der Waals surface area contributed by atoms with Gasteiger partial charge in [-0.1, -0.05) is 0 Å². The molecule has 0 saturated carbocycles. The summed E-state index contributed by atoms with van der Waals surface area (Å²) in [5.41, 5.74) is 9.51. The van der Waals surface area contributed by atoms with Crippen LogP contribution >= 0.6 is 11.6 Å². The summed E-state index contributed by atoms with van der Waals surface area (Å²) >= 11 is 6.25. The zero-order valence-electron chi connectivity index (χ0n) is 17.6. The third-order valence-electron chi connectivity index (χ3n) is 7.02. The molecule has 9 nitrogen and oxygen atoms in total. The second-order valence-electron chi connectivity index (χ2n) is 9.21. The number of alkyl halides is 1. The van der Waals surface area contributed by atoms with E-state index in [9.17, 15) is 4.79 Å². The normalized spacial score (nSPS) is 42.0. The van der Waals surface area contributed by atoms with Crippen molar-refractivity contribution in [3.8, 4) is 0 Å². The van der Waals surface area contributed by atoms with Crippen LogP contribution in [0, 0.1) is 5.92 Å². The van der Waals surface area contributed by atoms with E-state index in [0.717, 1.165) is 32.6 Å². The monoisotopic (exact) mass is 428 g/mol. The van der Waals surface area contributed by atoms with Crippen LogP contribution in [0.25, 0.3) is 0 Å². The average Bonchev–Trinajstić information content (AvgIpc) is 3.03.